The number of fused-ring (bicyclic) bond motifs is 12. The van der Waals surface area contributed by atoms with Gasteiger partial charge in [-0.05, 0) is 261 Å². The second-order valence-corrected chi connectivity index (χ2v) is 38.3. The zero-order valence-electron chi connectivity index (χ0n) is 80.6. The van der Waals surface area contributed by atoms with Crippen molar-refractivity contribution in [1.82, 2.24) is 0 Å². The summed E-state index contributed by atoms with van der Waals surface area (Å²) in [5, 5.41) is 24.0. The van der Waals surface area contributed by atoms with Gasteiger partial charge >= 0.3 is 0 Å². The Morgan fingerprint density at radius 3 is 0.729 bits per heavy atom. The van der Waals surface area contributed by atoms with Gasteiger partial charge in [0.1, 0.15) is 44.7 Å². The maximum absolute atomic E-state index is 6.50. The molecule has 4 heterocycles. The molecule has 28 aromatic rings. The monoisotopic (exact) mass is 1850 g/mol. The molecule has 0 bridgehead atoms. The largest absolute Gasteiger partial charge is 0.455 e. The van der Waals surface area contributed by atoms with Crippen LogP contribution >= 0.6 is 0 Å². The highest BCUT2D eigenvalue weighted by atomic mass is 16.3. The summed E-state index contributed by atoms with van der Waals surface area (Å²) in [6.45, 7) is 13.5. The van der Waals surface area contributed by atoms with Gasteiger partial charge in [0, 0.05) is 121 Å². The number of hydrogen-bond acceptors (Lipinski definition) is 8. The van der Waals surface area contributed by atoms with Crippen LogP contribution in [-0.4, -0.2) is 0 Å². The fourth-order valence-electron chi connectivity index (χ4n) is 23.4. The summed E-state index contributed by atoms with van der Waals surface area (Å²) in [5.41, 5.74) is 37.0. The molecule has 144 heavy (non-hydrogen) atoms. The molecule has 28 rings (SSSR count). The van der Waals surface area contributed by atoms with Crippen LogP contribution in [0.15, 0.2) is 467 Å². The van der Waals surface area contributed by atoms with Crippen molar-refractivity contribution in [3.05, 3.63) is 482 Å². The van der Waals surface area contributed by atoms with Crippen LogP contribution in [0.5, 0.6) is 0 Å². The molecule has 0 N–H and O–H groups in total. The number of benzene rings is 24. The summed E-state index contributed by atoms with van der Waals surface area (Å²) in [5.74, 6) is 0. The van der Waals surface area contributed by atoms with Gasteiger partial charge in [-0.2, -0.15) is 0 Å². The topological polar surface area (TPSA) is 65.5 Å². The van der Waals surface area contributed by atoms with Crippen molar-refractivity contribution in [2.24, 2.45) is 0 Å². The standard InChI is InChI=1S/2C68H48N2O2/c1-41-13-9-14-42(2)65(41)69(49-33-25-45(26-34-49)51-19-11-21-55-53-17-5-7-23-61(53)71-67(51)55)59-39-31-47-30-38-58-60(40-32-48-29-37-57(59)63(47)64(48)58)70(66-43(3)15-10-16-44(66)4)50-35-27-46(28-36-50)52-20-12-22-56-54-18-6-8-24-62(54)72-68(52)56;1-3-43-41-61(69(47-17-7-5-8-18-47)49-33-29-45(30-34-49)53-23-15-25-57-55-21-11-13-27-63(55)71-67(53)57)59-40-38-52-44(4-2)42-62(60-39-37-51(43)65(59)66(52)60)70(48-19-9-6-10-20-48)50-35-31-46(32-36-50)54-24-16-26-58-56-22-12-14-28-64(56)72-68(54)58/h5-40H,1-4H3;5-42H,3-4H2,1-2H3. The lowest BCUT2D eigenvalue weighted by molar-refractivity contribution is 0.669. The minimum atomic E-state index is 0.891. The molecule has 0 aliphatic rings. The van der Waals surface area contributed by atoms with Crippen molar-refractivity contribution >= 4 is 221 Å². The number of para-hydroxylation sites is 12. The molecule has 0 saturated carbocycles. The molecule has 684 valence electrons. The Labute approximate surface area is 833 Å². The van der Waals surface area contributed by atoms with Crippen LogP contribution in [0.2, 0.25) is 0 Å². The van der Waals surface area contributed by atoms with Gasteiger partial charge in [0.25, 0.3) is 0 Å². The normalized spacial score (nSPS) is 11.9. The maximum Gasteiger partial charge on any atom is 0.143 e. The SMILES string of the molecule is CCc1cc(N(c2ccccc2)c2ccc(-c3cccc4c3oc3ccccc34)cc2)c2ccc3c(CC)cc(N(c4ccccc4)c4ccc(-c5cccc6c5oc5ccccc56)cc4)c4ccc1c2c34.Cc1cccc(C)c1N(c1ccc(-c2cccc3c2oc2ccccc23)cc1)c1ccc2ccc3c(N(c4ccc(-c5cccc6c5oc5ccccc56)cc4)c4c(C)cccc4C)ccc4ccc1c2c43. The number of aryl methyl sites for hydroxylation is 6. The van der Waals surface area contributed by atoms with E-state index in [0.717, 1.165) is 202 Å². The Bertz CT molecular complexity index is 9310. The van der Waals surface area contributed by atoms with Gasteiger partial charge in [0.2, 0.25) is 0 Å². The summed E-state index contributed by atoms with van der Waals surface area (Å²) in [6, 6.07) is 163. The molecule has 0 spiro atoms. The fraction of sp³-hybridized carbons (Fsp3) is 0.0588. The molecule has 0 amide bonds. The van der Waals surface area contributed by atoms with Crippen molar-refractivity contribution in [3.63, 3.8) is 0 Å². The van der Waals surface area contributed by atoms with E-state index in [9.17, 15) is 0 Å². The van der Waals surface area contributed by atoms with Crippen LogP contribution in [0.4, 0.5) is 68.2 Å². The third-order valence-corrected chi connectivity index (χ3v) is 30.1. The summed E-state index contributed by atoms with van der Waals surface area (Å²) in [7, 11) is 0. The van der Waals surface area contributed by atoms with E-state index in [2.05, 4.69) is 474 Å². The van der Waals surface area contributed by atoms with Crippen LogP contribution in [0, 0.1) is 27.7 Å². The Morgan fingerprint density at radius 1 is 0.181 bits per heavy atom. The second-order valence-electron chi connectivity index (χ2n) is 38.3. The van der Waals surface area contributed by atoms with Gasteiger partial charge in [0.05, 0.1) is 34.1 Å². The van der Waals surface area contributed by atoms with E-state index in [4.69, 9.17) is 17.7 Å². The van der Waals surface area contributed by atoms with Crippen LogP contribution in [0.1, 0.15) is 47.2 Å². The second kappa shape index (κ2) is 34.4. The van der Waals surface area contributed by atoms with E-state index in [1.165, 1.54) is 109 Å². The summed E-state index contributed by atoms with van der Waals surface area (Å²) in [6.07, 6.45) is 1.78. The molecule has 8 nitrogen and oxygen atoms in total. The first-order valence-electron chi connectivity index (χ1n) is 49.9. The number of rotatable bonds is 18. The molecule has 0 aliphatic carbocycles. The lowest BCUT2D eigenvalue weighted by Crippen LogP contribution is -2.14. The highest BCUT2D eigenvalue weighted by Gasteiger charge is 2.30. The number of hydrogen-bond donors (Lipinski definition) is 0. The van der Waals surface area contributed by atoms with Crippen LogP contribution in [0.3, 0.4) is 0 Å². The minimum absolute atomic E-state index is 0.891. The van der Waals surface area contributed by atoms with E-state index in [1.54, 1.807) is 0 Å². The zero-order valence-corrected chi connectivity index (χ0v) is 80.6. The van der Waals surface area contributed by atoms with Gasteiger partial charge < -0.3 is 37.3 Å². The van der Waals surface area contributed by atoms with Crippen LogP contribution in [0.25, 0.3) is 197 Å². The van der Waals surface area contributed by atoms with E-state index in [-0.39, 0.29) is 0 Å². The van der Waals surface area contributed by atoms with Crippen molar-refractivity contribution in [2.45, 2.75) is 54.4 Å². The smallest absolute Gasteiger partial charge is 0.143 e. The van der Waals surface area contributed by atoms with E-state index >= 15 is 0 Å². The van der Waals surface area contributed by atoms with Gasteiger partial charge in [-0.1, -0.05) is 341 Å². The molecule has 24 aromatic carbocycles. The molecular formula is C136H96N4O4. The van der Waals surface area contributed by atoms with Crippen molar-refractivity contribution < 1.29 is 17.7 Å². The van der Waals surface area contributed by atoms with Crippen molar-refractivity contribution in [3.8, 4) is 44.5 Å². The average Bonchev–Trinajstić information content (AvgIpc) is 1.26. The fourth-order valence-corrected chi connectivity index (χ4v) is 23.4. The Hall–Kier alpha value is -18.2. The Balaban J connectivity index is 0.000000143. The molecule has 8 heteroatoms. The Morgan fingerprint density at radius 2 is 0.424 bits per heavy atom. The quantitative estimate of drug-likeness (QED) is 0.0788. The van der Waals surface area contributed by atoms with Gasteiger partial charge in [-0.3, -0.25) is 0 Å². The zero-order chi connectivity index (χ0) is 96.1. The predicted octanol–water partition coefficient (Wildman–Crippen LogP) is 39.7. The third-order valence-electron chi connectivity index (χ3n) is 30.1. The molecule has 0 radical (unpaired) electrons. The predicted molar refractivity (Wildman–Crippen MR) is 608 cm³/mol. The minimum Gasteiger partial charge on any atom is -0.455 e. The van der Waals surface area contributed by atoms with E-state index in [1.807, 2.05) is 36.4 Å². The van der Waals surface area contributed by atoms with E-state index in [0.29, 0.717) is 0 Å². The summed E-state index contributed by atoms with van der Waals surface area (Å²) in [4.78, 5) is 9.84. The molecule has 0 atom stereocenters. The average molecular weight is 1850 g/mol. The lowest BCUT2D eigenvalue weighted by Gasteiger charge is -2.32. The van der Waals surface area contributed by atoms with E-state index < -0.39 is 0 Å². The number of nitrogens with zero attached hydrogens (tertiary/aromatic N) is 4. The number of furan rings is 4. The highest BCUT2D eigenvalue weighted by Crippen LogP contribution is 2.55. The first-order valence-corrected chi connectivity index (χ1v) is 49.9. The van der Waals surface area contributed by atoms with Crippen LogP contribution in [-0.2, 0) is 12.8 Å². The molecule has 0 unspecified atom stereocenters. The van der Waals surface area contributed by atoms with Crippen molar-refractivity contribution in [1.29, 1.82) is 0 Å². The van der Waals surface area contributed by atoms with Gasteiger partial charge in [-0.15, -0.1) is 0 Å². The van der Waals surface area contributed by atoms with Crippen LogP contribution < -0.4 is 19.6 Å². The Kier molecular flexibility index (Phi) is 20.3. The first kappa shape index (κ1) is 85.0. The number of anilines is 12. The first-order chi connectivity index (χ1) is 71.0. The summed E-state index contributed by atoms with van der Waals surface area (Å²) < 4.78 is 26.0. The molecular weight excluding hydrogens is 1750 g/mol. The molecule has 4 aromatic heterocycles. The molecule has 0 saturated heterocycles. The lowest BCUT2D eigenvalue weighted by atomic mass is 9.86. The molecule has 0 aliphatic heterocycles. The highest BCUT2D eigenvalue weighted by molar-refractivity contribution is 6.31. The van der Waals surface area contributed by atoms with Crippen molar-refractivity contribution in [2.75, 3.05) is 19.6 Å². The molecule has 0 fully saturated rings. The maximum atomic E-state index is 6.50. The van der Waals surface area contributed by atoms with Gasteiger partial charge in [0.15, 0.2) is 0 Å². The summed E-state index contributed by atoms with van der Waals surface area (Å²) >= 11 is 0. The third kappa shape index (κ3) is 13.8. The van der Waals surface area contributed by atoms with Gasteiger partial charge in [-0.25, -0.2) is 0 Å².